The number of ether oxygens (including phenoxy) is 4. The van der Waals surface area contributed by atoms with Gasteiger partial charge in [0.1, 0.15) is 18.5 Å². The predicted octanol–water partition coefficient (Wildman–Crippen LogP) is 7.42. The highest BCUT2D eigenvalue weighted by Gasteiger charge is 2.47. The van der Waals surface area contributed by atoms with Gasteiger partial charge in [-0.05, 0) is 114 Å². The molecule has 3 aromatic rings. The minimum atomic E-state index is -0.808. The lowest BCUT2D eigenvalue weighted by Gasteiger charge is -2.21. The lowest BCUT2D eigenvalue weighted by molar-refractivity contribution is -0.145. The fraction of sp³-hybridized carbons (Fsp3) is 0.400. The van der Waals surface area contributed by atoms with Gasteiger partial charge in [-0.25, -0.2) is 0 Å². The van der Waals surface area contributed by atoms with Crippen LogP contribution in [-0.2, 0) is 20.9 Å². The van der Waals surface area contributed by atoms with E-state index in [0.717, 1.165) is 28.0 Å². The maximum absolute atomic E-state index is 13.6. The summed E-state index contributed by atoms with van der Waals surface area (Å²) in [6, 6.07) is 17.0. The van der Waals surface area contributed by atoms with Gasteiger partial charge >= 0.3 is 11.9 Å². The topological polar surface area (TPSA) is 91.4 Å². The van der Waals surface area contributed by atoms with E-state index in [9.17, 15) is 14.4 Å². The van der Waals surface area contributed by atoms with Crippen molar-refractivity contribution in [1.29, 1.82) is 0 Å². The molecule has 7 heteroatoms. The lowest BCUT2D eigenvalue weighted by atomic mass is 9.95. The third-order valence-electron chi connectivity index (χ3n) is 6.97. The summed E-state index contributed by atoms with van der Waals surface area (Å²) >= 11 is 0. The van der Waals surface area contributed by atoms with Gasteiger partial charge in [-0.15, -0.1) is 0 Å². The van der Waals surface area contributed by atoms with Crippen LogP contribution in [0, 0.1) is 31.6 Å². The van der Waals surface area contributed by atoms with Crippen molar-refractivity contribution in [2.75, 3.05) is 0 Å². The number of carbonyl (C=O) groups is 3. The molecule has 0 unspecified atom stereocenters. The minimum absolute atomic E-state index is 0.0188. The Bertz CT molecular complexity index is 1480. The summed E-state index contributed by atoms with van der Waals surface area (Å²) in [7, 11) is 0. The third kappa shape index (κ3) is 7.08. The summed E-state index contributed by atoms with van der Waals surface area (Å²) in [4.78, 5) is 39.0. The second-order valence-electron chi connectivity index (χ2n) is 13.0. The smallest absolute Gasteiger partial charge is 0.316 e. The van der Waals surface area contributed by atoms with Crippen molar-refractivity contribution in [3.8, 4) is 17.2 Å². The van der Waals surface area contributed by atoms with E-state index in [1.54, 1.807) is 54.5 Å². The molecule has 42 heavy (non-hydrogen) atoms. The van der Waals surface area contributed by atoms with Gasteiger partial charge in [0.15, 0.2) is 23.4 Å². The van der Waals surface area contributed by atoms with Crippen LogP contribution in [0.1, 0.15) is 85.8 Å². The molecular weight excluding hydrogens is 532 g/mol. The molecule has 1 fully saturated rings. The van der Waals surface area contributed by atoms with E-state index >= 15 is 0 Å². The Morgan fingerprint density at radius 2 is 1.26 bits per heavy atom. The fourth-order valence-electron chi connectivity index (χ4n) is 4.42. The molecular formula is C35H40O7. The minimum Gasteiger partial charge on any atom is -0.488 e. The zero-order valence-corrected chi connectivity index (χ0v) is 25.9. The van der Waals surface area contributed by atoms with Crippen molar-refractivity contribution >= 4 is 17.7 Å². The predicted molar refractivity (Wildman–Crippen MR) is 160 cm³/mol. The molecule has 4 rings (SSSR count). The van der Waals surface area contributed by atoms with E-state index in [4.69, 9.17) is 18.9 Å². The molecule has 0 N–H and O–H groups in total. The van der Waals surface area contributed by atoms with E-state index in [-0.39, 0.29) is 17.3 Å². The first-order valence-corrected chi connectivity index (χ1v) is 14.1. The Kier molecular flexibility index (Phi) is 8.65. The Labute approximate surface area is 248 Å². The van der Waals surface area contributed by atoms with E-state index in [1.807, 2.05) is 56.3 Å². The molecule has 0 radical (unpaired) electrons. The van der Waals surface area contributed by atoms with E-state index in [1.165, 1.54) is 6.07 Å². The van der Waals surface area contributed by atoms with Crippen LogP contribution in [0.15, 0.2) is 54.6 Å². The van der Waals surface area contributed by atoms with Gasteiger partial charge in [-0.1, -0.05) is 30.3 Å². The SMILES string of the molecule is Cc1cc(OC(=O)C(C)(C)C)c(OC(=O)C(C)(C)C)cc1C(=O)[C@@H]1O[C@H]1c1cc(C)c(OCc2ccccc2)c(C)c1. The zero-order valence-electron chi connectivity index (χ0n) is 25.9. The second-order valence-corrected chi connectivity index (χ2v) is 13.0. The normalized spacial score (nSPS) is 16.5. The van der Waals surface area contributed by atoms with Crippen LogP contribution in [-0.4, -0.2) is 23.8 Å². The van der Waals surface area contributed by atoms with E-state index in [0.29, 0.717) is 17.7 Å². The van der Waals surface area contributed by atoms with Crippen molar-refractivity contribution in [1.82, 2.24) is 0 Å². The third-order valence-corrected chi connectivity index (χ3v) is 6.97. The summed E-state index contributed by atoms with van der Waals surface area (Å²) in [5.41, 5.74) is 3.23. The number of aryl methyl sites for hydroxylation is 3. The first kappa shape index (κ1) is 31.0. The molecule has 1 aliphatic heterocycles. The van der Waals surface area contributed by atoms with E-state index < -0.39 is 35.0 Å². The molecule has 0 amide bonds. The molecule has 0 bridgehead atoms. The van der Waals surface area contributed by atoms with Gasteiger partial charge < -0.3 is 18.9 Å². The molecule has 1 saturated heterocycles. The highest BCUT2D eigenvalue weighted by molar-refractivity contribution is 6.03. The number of Topliss-reactive ketones (excluding diaryl/α,β-unsaturated/α-hetero) is 1. The summed E-state index contributed by atoms with van der Waals surface area (Å²) < 4.78 is 23.3. The Balaban J connectivity index is 1.56. The first-order valence-electron chi connectivity index (χ1n) is 14.1. The summed E-state index contributed by atoms with van der Waals surface area (Å²) in [5.74, 6) is -0.315. The van der Waals surface area contributed by atoms with Crippen LogP contribution < -0.4 is 14.2 Å². The molecule has 0 spiro atoms. The molecule has 1 heterocycles. The maximum atomic E-state index is 13.6. The van der Waals surface area contributed by atoms with Crippen molar-refractivity contribution < 1.29 is 33.3 Å². The van der Waals surface area contributed by atoms with Gasteiger partial charge in [0.2, 0.25) is 0 Å². The number of carbonyl (C=O) groups excluding carboxylic acids is 3. The van der Waals surface area contributed by atoms with Gasteiger partial charge in [-0.3, -0.25) is 14.4 Å². The average Bonchev–Trinajstić information content (AvgIpc) is 3.70. The molecule has 0 aliphatic carbocycles. The number of epoxide rings is 1. The van der Waals surface area contributed by atoms with Crippen molar-refractivity contribution in [2.45, 2.75) is 81.1 Å². The van der Waals surface area contributed by atoms with Crippen LogP contribution in [0.2, 0.25) is 0 Å². The number of hydrogen-bond acceptors (Lipinski definition) is 7. The monoisotopic (exact) mass is 572 g/mol. The largest absolute Gasteiger partial charge is 0.488 e. The second kappa shape index (κ2) is 11.7. The highest BCUT2D eigenvalue weighted by Crippen LogP contribution is 2.44. The van der Waals surface area contributed by atoms with Gasteiger partial charge in [0, 0.05) is 5.56 Å². The fourth-order valence-corrected chi connectivity index (χ4v) is 4.42. The number of hydrogen-bond donors (Lipinski definition) is 0. The standard InChI is InChI=1S/C35H40O7/c1-20-17-26(40-32(37)34(4,5)6)27(41-33(38)35(7,8)9)18-25(20)28(36)31-30(42-31)24-15-21(2)29(22(3)16-24)39-19-23-13-11-10-12-14-23/h10-18,30-31H,19H2,1-9H3/t30-,31-/m0/s1. The number of rotatable bonds is 8. The first-order chi connectivity index (χ1) is 19.6. The van der Waals surface area contributed by atoms with Crippen molar-refractivity contribution in [3.05, 3.63) is 88.0 Å². The molecule has 7 nitrogen and oxygen atoms in total. The lowest BCUT2D eigenvalue weighted by Crippen LogP contribution is -2.28. The molecule has 3 aromatic carbocycles. The average molecular weight is 573 g/mol. The molecule has 222 valence electrons. The van der Waals surface area contributed by atoms with Crippen LogP contribution in [0.25, 0.3) is 0 Å². The maximum Gasteiger partial charge on any atom is 0.316 e. The van der Waals surface area contributed by atoms with Gasteiger partial charge in [-0.2, -0.15) is 0 Å². The van der Waals surface area contributed by atoms with Gasteiger partial charge in [0.05, 0.1) is 10.8 Å². The molecule has 1 aliphatic rings. The Morgan fingerprint density at radius 1 is 0.738 bits per heavy atom. The number of esters is 2. The zero-order chi connectivity index (χ0) is 31.0. The van der Waals surface area contributed by atoms with Gasteiger partial charge in [0.25, 0.3) is 0 Å². The quantitative estimate of drug-likeness (QED) is 0.120. The number of ketones is 1. The summed E-state index contributed by atoms with van der Waals surface area (Å²) in [6.07, 6.45) is -1.09. The highest BCUT2D eigenvalue weighted by atomic mass is 16.6. The van der Waals surface area contributed by atoms with Crippen molar-refractivity contribution in [3.63, 3.8) is 0 Å². The molecule has 0 saturated carbocycles. The Hall–Kier alpha value is -3.97. The van der Waals surface area contributed by atoms with E-state index in [2.05, 4.69) is 0 Å². The van der Waals surface area contributed by atoms with Crippen molar-refractivity contribution in [2.24, 2.45) is 10.8 Å². The Morgan fingerprint density at radius 3 is 1.79 bits per heavy atom. The number of benzene rings is 3. The molecule has 0 aromatic heterocycles. The van der Waals surface area contributed by atoms with Crippen LogP contribution in [0.4, 0.5) is 0 Å². The summed E-state index contributed by atoms with van der Waals surface area (Å²) in [5, 5.41) is 0. The summed E-state index contributed by atoms with van der Waals surface area (Å²) in [6.45, 7) is 16.5. The van der Waals surface area contributed by atoms with Crippen LogP contribution in [0.3, 0.4) is 0 Å². The van der Waals surface area contributed by atoms with Crippen LogP contribution in [0.5, 0.6) is 17.2 Å². The van der Waals surface area contributed by atoms with Crippen LogP contribution >= 0.6 is 0 Å². The molecule has 2 atom stereocenters.